The molecule has 0 aromatic carbocycles. The zero-order valence-electron chi connectivity index (χ0n) is 13.9. The first kappa shape index (κ1) is 18.8. The van der Waals surface area contributed by atoms with Crippen LogP contribution in [-0.2, 0) is 0 Å². The fourth-order valence-electron chi connectivity index (χ4n) is 2.39. The van der Waals surface area contributed by atoms with Crippen molar-refractivity contribution < 1.29 is 0 Å². The third-order valence-electron chi connectivity index (χ3n) is 4.04. The summed E-state index contributed by atoms with van der Waals surface area (Å²) in [5.74, 6) is 0. The number of rotatable bonds is 2. The second-order valence-electron chi connectivity index (χ2n) is 5.78. The lowest BCUT2D eigenvalue weighted by atomic mass is 10.2. The molecule has 0 saturated carbocycles. The van der Waals surface area contributed by atoms with Gasteiger partial charge in [0.1, 0.15) is 16.6 Å². The highest BCUT2D eigenvalue weighted by atomic mass is 32.1. The van der Waals surface area contributed by atoms with Gasteiger partial charge in [-0.1, -0.05) is 12.2 Å². The lowest BCUT2D eigenvalue weighted by molar-refractivity contribution is 0.186. The maximum atomic E-state index is 8.94. The van der Waals surface area contributed by atoms with Gasteiger partial charge in [0.05, 0.1) is 0 Å². The maximum Gasteiger partial charge on any atom is 0.116 e. The number of allylic oxidation sites excluding steroid dienone is 1. The molecular weight excluding hydrogens is 296 g/mol. The lowest BCUT2D eigenvalue weighted by Crippen LogP contribution is -2.44. The minimum absolute atomic E-state index is 0.189. The first-order chi connectivity index (χ1) is 10.5. The predicted octanol–water partition coefficient (Wildman–Crippen LogP) is -0.161. The molecule has 0 aromatic rings. The minimum Gasteiger partial charge on any atom is -0.389 e. The first-order valence-electron chi connectivity index (χ1n) is 7.69. The molecule has 0 atom stereocenters. The zero-order valence-corrected chi connectivity index (χ0v) is 14.7. The standard InChI is InChI=1S/C10H16N4S.C5H12N2/c1-8(9(7-11)10(12)15)14-5-3-13(2)4-6-14;1-7-4-2-6-3-5-7/h3-6H2,1-2H3,(H2,12,15);6H,2-5H2,1H3/b9-8-;. The molecule has 0 bridgehead atoms. The number of piperazine rings is 2. The van der Waals surface area contributed by atoms with Gasteiger partial charge >= 0.3 is 0 Å². The summed E-state index contributed by atoms with van der Waals surface area (Å²) < 4.78 is 0. The Balaban J connectivity index is 0.000000287. The van der Waals surface area contributed by atoms with Crippen molar-refractivity contribution in [2.24, 2.45) is 5.73 Å². The topological polar surface area (TPSA) is 71.6 Å². The van der Waals surface area contributed by atoms with Crippen molar-refractivity contribution in [1.82, 2.24) is 20.0 Å². The van der Waals surface area contributed by atoms with Gasteiger partial charge in [-0.25, -0.2) is 0 Å². The Morgan fingerprint density at radius 2 is 1.55 bits per heavy atom. The van der Waals surface area contributed by atoms with Gasteiger partial charge in [-0.2, -0.15) is 5.26 Å². The van der Waals surface area contributed by atoms with Gasteiger partial charge < -0.3 is 25.8 Å². The Bertz CT molecular complexity index is 428. The van der Waals surface area contributed by atoms with Gasteiger partial charge in [0, 0.05) is 58.1 Å². The molecule has 124 valence electrons. The molecule has 22 heavy (non-hydrogen) atoms. The van der Waals surface area contributed by atoms with Crippen LogP contribution in [-0.4, -0.2) is 86.1 Å². The van der Waals surface area contributed by atoms with E-state index in [-0.39, 0.29) is 4.99 Å². The molecule has 0 amide bonds. The summed E-state index contributed by atoms with van der Waals surface area (Å²) in [6, 6.07) is 2.07. The van der Waals surface area contributed by atoms with Crippen LogP contribution in [0.3, 0.4) is 0 Å². The average molecular weight is 324 g/mol. The largest absolute Gasteiger partial charge is 0.389 e. The van der Waals surface area contributed by atoms with E-state index in [1.165, 1.54) is 13.1 Å². The van der Waals surface area contributed by atoms with Crippen LogP contribution in [0.4, 0.5) is 0 Å². The number of likely N-dealkylation sites (N-methyl/N-ethyl adjacent to an activating group) is 2. The van der Waals surface area contributed by atoms with Crippen LogP contribution in [0.15, 0.2) is 11.3 Å². The van der Waals surface area contributed by atoms with E-state index in [2.05, 4.69) is 40.2 Å². The average Bonchev–Trinajstić information content (AvgIpc) is 2.49. The van der Waals surface area contributed by atoms with Crippen LogP contribution in [0.1, 0.15) is 6.92 Å². The van der Waals surface area contributed by atoms with Gasteiger partial charge in [0.2, 0.25) is 0 Å². The number of thiocarbonyl (C=S) groups is 1. The second kappa shape index (κ2) is 9.74. The summed E-state index contributed by atoms with van der Waals surface area (Å²) >= 11 is 4.85. The van der Waals surface area contributed by atoms with Crippen molar-refractivity contribution in [3.63, 3.8) is 0 Å². The SMILES string of the molecule is C/C(=C(\C#N)C(N)=S)N1CCN(C)CC1.CN1CCNCC1. The Hall–Kier alpha value is -1.20. The van der Waals surface area contributed by atoms with E-state index in [0.29, 0.717) is 5.57 Å². The minimum atomic E-state index is 0.189. The molecule has 2 aliphatic heterocycles. The fourth-order valence-corrected chi connectivity index (χ4v) is 2.58. The van der Waals surface area contributed by atoms with E-state index in [0.717, 1.165) is 45.0 Å². The van der Waals surface area contributed by atoms with E-state index in [4.69, 9.17) is 23.2 Å². The molecule has 2 rings (SSSR count). The highest BCUT2D eigenvalue weighted by Gasteiger charge is 2.17. The molecule has 3 N–H and O–H groups in total. The van der Waals surface area contributed by atoms with Crippen LogP contribution in [0, 0.1) is 11.3 Å². The summed E-state index contributed by atoms with van der Waals surface area (Å²) in [7, 11) is 4.25. The second-order valence-corrected chi connectivity index (χ2v) is 6.22. The van der Waals surface area contributed by atoms with Gasteiger partial charge in [0.15, 0.2) is 0 Å². The number of nitrogens with zero attached hydrogens (tertiary/aromatic N) is 4. The molecular formula is C15H28N6S. The Morgan fingerprint density at radius 1 is 1.05 bits per heavy atom. The summed E-state index contributed by atoms with van der Waals surface area (Å²) in [5, 5.41) is 12.2. The number of hydrogen-bond acceptors (Lipinski definition) is 6. The number of nitrogens with two attached hydrogens (primary N) is 1. The molecule has 7 heteroatoms. The first-order valence-corrected chi connectivity index (χ1v) is 8.10. The molecule has 2 heterocycles. The van der Waals surface area contributed by atoms with Crippen molar-refractivity contribution in [2.45, 2.75) is 6.92 Å². The lowest BCUT2D eigenvalue weighted by Gasteiger charge is -2.34. The van der Waals surface area contributed by atoms with Gasteiger partial charge in [0.25, 0.3) is 0 Å². The molecule has 0 unspecified atom stereocenters. The molecule has 0 radical (unpaired) electrons. The highest BCUT2D eigenvalue weighted by molar-refractivity contribution is 7.80. The van der Waals surface area contributed by atoms with E-state index < -0.39 is 0 Å². The number of nitrogens with one attached hydrogen (secondary N) is 1. The molecule has 0 aromatic heterocycles. The Labute approximate surface area is 139 Å². The highest BCUT2D eigenvalue weighted by Crippen LogP contribution is 2.12. The van der Waals surface area contributed by atoms with Crippen LogP contribution in [0.5, 0.6) is 0 Å². The molecule has 0 aliphatic carbocycles. The smallest absolute Gasteiger partial charge is 0.116 e. The van der Waals surface area contributed by atoms with Crippen molar-refractivity contribution in [3.8, 4) is 6.07 Å². The van der Waals surface area contributed by atoms with Gasteiger partial charge in [-0.05, 0) is 21.0 Å². The van der Waals surface area contributed by atoms with E-state index >= 15 is 0 Å². The fraction of sp³-hybridized carbons (Fsp3) is 0.733. The summed E-state index contributed by atoms with van der Waals surface area (Å²) in [6.07, 6.45) is 0. The Morgan fingerprint density at radius 3 is 1.91 bits per heavy atom. The number of hydrogen-bond donors (Lipinski definition) is 2. The third kappa shape index (κ3) is 6.28. The van der Waals surface area contributed by atoms with Gasteiger partial charge in [-0.15, -0.1) is 0 Å². The summed E-state index contributed by atoms with van der Waals surface area (Å²) in [6.45, 7) is 10.5. The Kier molecular flexibility index (Phi) is 8.35. The molecule has 2 fully saturated rings. The van der Waals surface area contributed by atoms with Crippen molar-refractivity contribution >= 4 is 17.2 Å². The van der Waals surface area contributed by atoms with E-state index in [1.807, 2.05) is 6.92 Å². The van der Waals surface area contributed by atoms with Crippen LogP contribution in [0.25, 0.3) is 0 Å². The summed E-state index contributed by atoms with van der Waals surface area (Å²) in [4.78, 5) is 6.94. The van der Waals surface area contributed by atoms with Crippen molar-refractivity contribution in [3.05, 3.63) is 11.3 Å². The van der Waals surface area contributed by atoms with E-state index in [9.17, 15) is 0 Å². The monoisotopic (exact) mass is 324 g/mol. The molecule has 2 aliphatic rings. The predicted molar refractivity (Wildman–Crippen MR) is 94.5 cm³/mol. The normalized spacial score (nSPS) is 21.3. The van der Waals surface area contributed by atoms with Crippen molar-refractivity contribution in [2.75, 3.05) is 66.5 Å². The number of nitriles is 1. The van der Waals surface area contributed by atoms with E-state index in [1.54, 1.807) is 0 Å². The molecule has 2 saturated heterocycles. The van der Waals surface area contributed by atoms with Crippen LogP contribution >= 0.6 is 12.2 Å². The van der Waals surface area contributed by atoms with Gasteiger partial charge in [-0.3, -0.25) is 0 Å². The third-order valence-corrected chi connectivity index (χ3v) is 4.24. The molecule has 0 spiro atoms. The van der Waals surface area contributed by atoms with Crippen LogP contribution < -0.4 is 11.1 Å². The quantitative estimate of drug-likeness (QED) is 0.415. The molecule has 6 nitrogen and oxygen atoms in total. The summed E-state index contributed by atoms with van der Waals surface area (Å²) in [5.41, 5.74) is 6.84. The van der Waals surface area contributed by atoms with Crippen molar-refractivity contribution in [1.29, 1.82) is 5.26 Å². The maximum absolute atomic E-state index is 8.94. The van der Waals surface area contributed by atoms with Crippen LogP contribution in [0.2, 0.25) is 0 Å². The zero-order chi connectivity index (χ0) is 16.5.